The second-order valence-corrected chi connectivity index (χ2v) is 4.46. The quantitative estimate of drug-likeness (QED) is 0.599. The van der Waals surface area contributed by atoms with Crippen LogP contribution in [-0.4, -0.2) is 19.1 Å². The first kappa shape index (κ1) is 12.2. The third-order valence-electron chi connectivity index (χ3n) is 1.98. The molecule has 0 aliphatic heterocycles. The summed E-state index contributed by atoms with van der Waals surface area (Å²) in [4.78, 5) is 13.3. The maximum Gasteiger partial charge on any atom is 0.348 e. The van der Waals surface area contributed by atoms with Gasteiger partial charge in [0, 0.05) is 4.88 Å². The number of ether oxygens (including phenoxy) is 1. The summed E-state index contributed by atoms with van der Waals surface area (Å²) in [5, 5.41) is 0. The zero-order valence-electron chi connectivity index (χ0n) is 8.99. The molecule has 0 radical (unpaired) electrons. The van der Waals surface area contributed by atoms with Crippen molar-refractivity contribution in [2.24, 2.45) is 5.73 Å². The van der Waals surface area contributed by atoms with E-state index in [9.17, 15) is 4.79 Å². The third kappa shape index (κ3) is 4.01. The highest BCUT2D eigenvalue weighted by Crippen LogP contribution is 2.17. The summed E-state index contributed by atoms with van der Waals surface area (Å²) < 4.78 is 5.10. The van der Waals surface area contributed by atoms with E-state index in [2.05, 4.69) is 6.92 Å². The summed E-state index contributed by atoms with van der Waals surface area (Å²) in [7, 11) is 0. The van der Waals surface area contributed by atoms with Crippen LogP contribution in [0.25, 0.3) is 0 Å². The summed E-state index contributed by atoms with van der Waals surface area (Å²) in [6, 6.07) is 3.75. The molecule has 0 aliphatic carbocycles. The third-order valence-corrected chi connectivity index (χ3v) is 3.11. The van der Waals surface area contributed by atoms with E-state index in [1.54, 1.807) is 0 Å². The minimum atomic E-state index is -0.211. The van der Waals surface area contributed by atoms with E-state index in [1.807, 2.05) is 12.1 Å². The lowest BCUT2D eigenvalue weighted by Crippen LogP contribution is -2.04. The van der Waals surface area contributed by atoms with Crippen molar-refractivity contribution in [3.63, 3.8) is 0 Å². The zero-order valence-corrected chi connectivity index (χ0v) is 9.81. The highest BCUT2D eigenvalue weighted by atomic mass is 32.1. The van der Waals surface area contributed by atoms with E-state index in [1.165, 1.54) is 11.3 Å². The molecule has 0 unspecified atom stereocenters. The van der Waals surface area contributed by atoms with E-state index < -0.39 is 0 Å². The maximum atomic E-state index is 11.5. The molecule has 0 aromatic carbocycles. The molecule has 0 atom stereocenters. The molecule has 0 aliphatic rings. The highest BCUT2D eigenvalue weighted by Gasteiger charge is 2.09. The lowest BCUT2D eigenvalue weighted by Gasteiger charge is -2.00. The molecule has 0 amide bonds. The number of carbonyl (C=O) groups excluding carboxylic acids is 1. The fourth-order valence-corrected chi connectivity index (χ4v) is 2.06. The molecule has 0 fully saturated rings. The molecule has 4 heteroatoms. The van der Waals surface area contributed by atoms with Crippen molar-refractivity contribution in [3.8, 4) is 0 Å². The van der Waals surface area contributed by atoms with Crippen molar-refractivity contribution >= 4 is 17.3 Å². The van der Waals surface area contributed by atoms with Gasteiger partial charge in [0.05, 0.1) is 6.61 Å². The maximum absolute atomic E-state index is 11.5. The van der Waals surface area contributed by atoms with Crippen LogP contribution in [0.4, 0.5) is 0 Å². The molecule has 3 nitrogen and oxygen atoms in total. The van der Waals surface area contributed by atoms with Crippen LogP contribution in [0.3, 0.4) is 0 Å². The lowest BCUT2D eigenvalue weighted by atomic mass is 10.3. The summed E-state index contributed by atoms with van der Waals surface area (Å²) in [6.07, 6.45) is 2.79. The van der Waals surface area contributed by atoms with Crippen LogP contribution in [0, 0.1) is 0 Å². The van der Waals surface area contributed by atoms with Gasteiger partial charge in [-0.25, -0.2) is 4.79 Å². The molecule has 0 saturated carbocycles. The monoisotopic (exact) mass is 227 g/mol. The minimum absolute atomic E-state index is 0.211. The fraction of sp³-hybridized carbons (Fsp3) is 0.545. The van der Waals surface area contributed by atoms with Crippen LogP contribution < -0.4 is 5.73 Å². The van der Waals surface area contributed by atoms with Gasteiger partial charge >= 0.3 is 5.97 Å². The first-order chi connectivity index (χ1) is 7.27. The van der Waals surface area contributed by atoms with Gasteiger partial charge in [0.1, 0.15) is 4.88 Å². The Hall–Kier alpha value is -0.870. The van der Waals surface area contributed by atoms with Crippen molar-refractivity contribution in [2.75, 3.05) is 13.2 Å². The molecule has 84 valence electrons. The van der Waals surface area contributed by atoms with Crippen LogP contribution in [0.1, 0.15) is 34.3 Å². The number of esters is 1. The molecule has 1 rings (SSSR count). The first-order valence-corrected chi connectivity index (χ1v) is 6.05. The van der Waals surface area contributed by atoms with Gasteiger partial charge < -0.3 is 10.5 Å². The SMILES string of the molecule is CCCCOC(=O)c1ccc(CCN)s1. The number of nitrogens with two attached hydrogens (primary N) is 1. The molecule has 1 heterocycles. The Kier molecular flexibility index (Phi) is 5.36. The summed E-state index contributed by atoms with van der Waals surface area (Å²) in [6.45, 7) is 3.20. The van der Waals surface area contributed by atoms with E-state index in [0.717, 1.165) is 24.1 Å². The van der Waals surface area contributed by atoms with Gasteiger partial charge in [-0.05, 0) is 31.5 Å². The van der Waals surface area contributed by atoms with Gasteiger partial charge in [-0.1, -0.05) is 13.3 Å². The predicted molar refractivity (Wildman–Crippen MR) is 62.3 cm³/mol. The molecular weight excluding hydrogens is 210 g/mol. The molecule has 1 aromatic rings. The number of hydrogen-bond acceptors (Lipinski definition) is 4. The lowest BCUT2D eigenvalue weighted by molar-refractivity contribution is 0.0505. The van der Waals surface area contributed by atoms with Crippen molar-refractivity contribution in [1.82, 2.24) is 0 Å². The number of thiophene rings is 1. The fourth-order valence-electron chi connectivity index (χ4n) is 1.14. The topological polar surface area (TPSA) is 52.3 Å². The molecular formula is C11H17NO2S. The average molecular weight is 227 g/mol. The number of carbonyl (C=O) groups is 1. The van der Waals surface area contributed by atoms with Gasteiger partial charge in [-0.3, -0.25) is 0 Å². The Morgan fingerprint density at radius 2 is 2.33 bits per heavy atom. The Balaban J connectivity index is 2.43. The largest absolute Gasteiger partial charge is 0.462 e. The summed E-state index contributed by atoms with van der Waals surface area (Å²) in [5.41, 5.74) is 5.43. The summed E-state index contributed by atoms with van der Waals surface area (Å²) in [5.74, 6) is -0.211. The van der Waals surface area contributed by atoms with Gasteiger partial charge in [0.2, 0.25) is 0 Å². The Morgan fingerprint density at radius 1 is 1.53 bits per heavy atom. The van der Waals surface area contributed by atoms with E-state index >= 15 is 0 Å². The van der Waals surface area contributed by atoms with Crippen LogP contribution >= 0.6 is 11.3 Å². The van der Waals surface area contributed by atoms with Gasteiger partial charge in [-0.2, -0.15) is 0 Å². The predicted octanol–water partition coefficient (Wildman–Crippen LogP) is 2.21. The smallest absolute Gasteiger partial charge is 0.348 e. The molecule has 2 N–H and O–H groups in total. The normalized spacial score (nSPS) is 10.3. The number of rotatable bonds is 6. The van der Waals surface area contributed by atoms with Crippen LogP contribution in [0.2, 0.25) is 0 Å². The Bertz CT molecular complexity index is 309. The number of unbranched alkanes of at least 4 members (excludes halogenated alkanes) is 1. The number of hydrogen-bond donors (Lipinski definition) is 1. The van der Waals surface area contributed by atoms with Crippen molar-refractivity contribution in [2.45, 2.75) is 26.2 Å². The second-order valence-electron chi connectivity index (χ2n) is 3.29. The Labute approximate surface area is 94.2 Å². The van der Waals surface area contributed by atoms with Crippen LogP contribution in [-0.2, 0) is 11.2 Å². The average Bonchev–Trinajstić information content (AvgIpc) is 2.67. The van der Waals surface area contributed by atoms with E-state index in [0.29, 0.717) is 18.0 Å². The van der Waals surface area contributed by atoms with Crippen LogP contribution in [0.5, 0.6) is 0 Å². The van der Waals surface area contributed by atoms with Crippen molar-refractivity contribution in [1.29, 1.82) is 0 Å². The van der Waals surface area contributed by atoms with Crippen molar-refractivity contribution in [3.05, 3.63) is 21.9 Å². The molecule has 0 bridgehead atoms. The van der Waals surface area contributed by atoms with E-state index in [4.69, 9.17) is 10.5 Å². The molecule has 0 saturated heterocycles. The second kappa shape index (κ2) is 6.58. The van der Waals surface area contributed by atoms with Gasteiger partial charge in [0.25, 0.3) is 0 Å². The van der Waals surface area contributed by atoms with Gasteiger partial charge in [0.15, 0.2) is 0 Å². The summed E-state index contributed by atoms with van der Waals surface area (Å²) >= 11 is 1.47. The minimum Gasteiger partial charge on any atom is -0.462 e. The molecule has 0 spiro atoms. The highest BCUT2D eigenvalue weighted by molar-refractivity contribution is 7.13. The van der Waals surface area contributed by atoms with E-state index in [-0.39, 0.29) is 5.97 Å². The molecule has 15 heavy (non-hydrogen) atoms. The standard InChI is InChI=1S/C11H17NO2S/c1-2-3-8-14-11(13)10-5-4-9(15-10)6-7-12/h4-5H,2-3,6-8,12H2,1H3. The zero-order chi connectivity index (χ0) is 11.1. The van der Waals surface area contributed by atoms with Gasteiger partial charge in [-0.15, -0.1) is 11.3 Å². The van der Waals surface area contributed by atoms with Crippen LogP contribution in [0.15, 0.2) is 12.1 Å². The Morgan fingerprint density at radius 3 is 3.00 bits per heavy atom. The molecule has 1 aromatic heterocycles. The first-order valence-electron chi connectivity index (χ1n) is 5.23. The van der Waals surface area contributed by atoms with Crippen molar-refractivity contribution < 1.29 is 9.53 Å².